The second-order valence-electron chi connectivity index (χ2n) is 4.02. The van der Waals surface area contributed by atoms with Crippen LogP contribution in [0.5, 0.6) is 5.75 Å². The lowest BCUT2D eigenvalue weighted by Crippen LogP contribution is -2.10. The molecule has 0 aliphatic heterocycles. The van der Waals surface area contributed by atoms with Crippen LogP contribution >= 0.6 is 0 Å². The van der Waals surface area contributed by atoms with Crippen LogP contribution in [-0.4, -0.2) is 6.61 Å². The van der Waals surface area contributed by atoms with Crippen molar-refractivity contribution in [1.82, 2.24) is 0 Å². The molecule has 0 aliphatic rings. The SMILES string of the molecule is CCC(CC)COc1cc(N)ccc1C. The molecule has 0 aliphatic carbocycles. The molecule has 2 N–H and O–H groups in total. The molecule has 0 aromatic heterocycles. The van der Waals surface area contributed by atoms with Gasteiger partial charge in [0, 0.05) is 11.8 Å². The van der Waals surface area contributed by atoms with Gasteiger partial charge in [0.25, 0.3) is 0 Å². The summed E-state index contributed by atoms with van der Waals surface area (Å²) in [4.78, 5) is 0. The average Bonchev–Trinajstić information content (AvgIpc) is 2.24. The Kier molecular flexibility index (Phi) is 4.47. The van der Waals surface area contributed by atoms with E-state index in [1.165, 1.54) is 0 Å². The Morgan fingerprint density at radius 1 is 1.27 bits per heavy atom. The van der Waals surface area contributed by atoms with Crippen LogP contribution in [0.1, 0.15) is 32.3 Å². The lowest BCUT2D eigenvalue weighted by atomic mass is 10.1. The number of anilines is 1. The smallest absolute Gasteiger partial charge is 0.124 e. The molecule has 15 heavy (non-hydrogen) atoms. The van der Waals surface area contributed by atoms with E-state index in [0.29, 0.717) is 5.92 Å². The van der Waals surface area contributed by atoms with E-state index < -0.39 is 0 Å². The van der Waals surface area contributed by atoms with E-state index in [0.717, 1.165) is 36.4 Å². The molecule has 1 aromatic rings. The molecule has 84 valence electrons. The summed E-state index contributed by atoms with van der Waals surface area (Å²) < 4.78 is 5.78. The van der Waals surface area contributed by atoms with E-state index in [-0.39, 0.29) is 0 Å². The first kappa shape index (κ1) is 11.9. The minimum atomic E-state index is 0.644. The van der Waals surface area contributed by atoms with Gasteiger partial charge in [-0.25, -0.2) is 0 Å². The molecular formula is C13H21NO. The lowest BCUT2D eigenvalue weighted by Gasteiger charge is -2.15. The Balaban J connectivity index is 2.60. The first-order chi connectivity index (χ1) is 7.17. The van der Waals surface area contributed by atoms with Gasteiger partial charge in [-0.05, 0) is 24.5 Å². The Morgan fingerprint density at radius 3 is 2.53 bits per heavy atom. The highest BCUT2D eigenvalue weighted by Gasteiger charge is 2.06. The third-order valence-electron chi connectivity index (χ3n) is 2.84. The van der Waals surface area contributed by atoms with Gasteiger partial charge in [-0.3, -0.25) is 0 Å². The lowest BCUT2D eigenvalue weighted by molar-refractivity contribution is 0.239. The van der Waals surface area contributed by atoms with E-state index in [4.69, 9.17) is 10.5 Å². The topological polar surface area (TPSA) is 35.2 Å². The van der Waals surface area contributed by atoms with Gasteiger partial charge in [-0.15, -0.1) is 0 Å². The van der Waals surface area contributed by atoms with Crippen LogP contribution in [0.2, 0.25) is 0 Å². The molecule has 2 heteroatoms. The predicted octanol–water partition coefficient (Wildman–Crippen LogP) is 3.39. The van der Waals surface area contributed by atoms with Crippen LogP contribution in [0.25, 0.3) is 0 Å². The summed E-state index contributed by atoms with van der Waals surface area (Å²) in [5.41, 5.74) is 7.63. The van der Waals surface area contributed by atoms with Gasteiger partial charge in [0.05, 0.1) is 6.61 Å². The van der Waals surface area contributed by atoms with E-state index >= 15 is 0 Å². The van der Waals surface area contributed by atoms with Gasteiger partial charge in [0.15, 0.2) is 0 Å². The molecule has 1 rings (SSSR count). The van der Waals surface area contributed by atoms with E-state index in [1.807, 2.05) is 25.1 Å². The summed E-state index contributed by atoms with van der Waals surface area (Å²) in [7, 11) is 0. The summed E-state index contributed by atoms with van der Waals surface area (Å²) in [5.74, 6) is 1.56. The molecule has 0 saturated heterocycles. The van der Waals surface area contributed by atoms with Gasteiger partial charge in [0.2, 0.25) is 0 Å². The summed E-state index contributed by atoms with van der Waals surface area (Å²) >= 11 is 0. The second-order valence-corrected chi connectivity index (χ2v) is 4.02. The van der Waals surface area contributed by atoms with E-state index in [2.05, 4.69) is 13.8 Å². The minimum absolute atomic E-state index is 0.644. The molecular weight excluding hydrogens is 186 g/mol. The fourth-order valence-corrected chi connectivity index (χ4v) is 1.50. The zero-order chi connectivity index (χ0) is 11.3. The second kappa shape index (κ2) is 5.64. The number of aryl methyl sites for hydroxylation is 1. The maximum absolute atomic E-state index is 5.78. The Morgan fingerprint density at radius 2 is 1.93 bits per heavy atom. The van der Waals surface area contributed by atoms with Gasteiger partial charge >= 0.3 is 0 Å². The zero-order valence-corrected chi connectivity index (χ0v) is 9.92. The van der Waals surface area contributed by atoms with Crippen molar-refractivity contribution in [1.29, 1.82) is 0 Å². The number of ether oxygens (including phenoxy) is 1. The fraction of sp³-hybridized carbons (Fsp3) is 0.538. The number of nitrogen functional groups attached to an aromatic ring is 1. The van der Waals surface area contributed by atoms with E-state index in [1.54, 1.807) is 0 Å². The maximum atomic E-state index is 5.78. The average molecular weight is 207 g/mol. The first-order valence-corrected chi connectivity index (χ1v) is 5.66. The Hall–Kier alpha value is -1.18. The Labute approximate surface area is 92.4 Å². The van der Waals surface area contributed by atoms with Crippen LogP contribution in [0.3, 0.4) is 0 Å². The predicted molar refractivity (Wildman–Crippen MR) is 65.2 cm³/mol. The number of benzene rings is 1. The summed E-state index contributed by atoms with van der Waals surface area (Å²) in [6.07, 6.45) is 2.33. The standard InChI is InChI=1S/C13H21NO/c1-4-11(5-2)9-15-13-8-12(14)7-6-10(13)3/h6-8,11H,4-5,9,14H2,1-3H3. The van der Waals surface area contributed by atoms with Crippen LogP contribution in [-0.2, 0) is 0 Å². The molecule has 0 spiro atoms. The monoisotopic (exact) mass is 207 g/mol. The molecule has 0 heterocycles. The van der Waals surface area contributed by atoms with Crippen LogP contribution in [0.15, 0.2) is 18.2 Å². The maximum Gasteiger partial charge on any atom is 0.124 e. The zero-order valence-electron chi connectivity index (χ0n) is 9.92. The molecule has 0 unspecified atom stereocenters. The number of nitrogens with two attached hydrogens (primary N) is 1. The molecule has 2 nitrogen and oxygen atoms in total. The summed E-state index contributed by atoms with van der Waals surface area (Å²) in [5, 5.41) is 0. The molecule has 0 atom stereocenters. The minimum Gasteiger partial charge on any atom is -0.493 e. The number of rotatable bonds is 5. The van der Waals surface area contributed by atoms with Gasteiger partial charge in [0.1, 0.15) is 5.75 Å². The highest BCUT2D eigenvalue weighted by Crippen LogP contribution is 2.22. The van der Waals surface area contributed by atoms with Crippen molar-refractivity contribution in [3.8, 4) is 5.75 Å². The number of hydrogen-bond donors (Lipinski definition) is 1. The van der Waals surface area contributed by atoms with Crippen molar-refractivity contribution < 1.29 is 4.74 Å². The molecule has 0 radical (unpaired) electrons. The number of hydrogen-bond acceptors (Lipinski definition) is 2. The highest BCUT2D eigenvalue weighted by atomic mass is 16.5. The van der Waals surface area contributed by atoms with Gasteiger partial charge in [-0.2, -0.15) is 0 Å². The van der Waals surface area contributed by atoms with E-state index in [9.17, 15) is 0 Å². The third kappa shape index (κ3) is 3.46. The highest BCUT2D eigenvalue weighted by molar-refractivity contribution is 5.47. The van der Waals surface area contributed by atoms with Crippen molar-refractivity contribution in [2.24, 2.45) is 5.92 Å². The molecule has 0 fully saturated rings. The normalized spacial score (nSPS) is 10.7. The van der Waals surface area contributed by atoms with Gasteiger partial charge in [-0.1, -0.05) is 32.8 Å². The third-order valence-corrected chi connectivity index (χ3v) is 2.84. The molecule has 0 bridgehead atoms. The van der Waals surface area contributed by atoms with Crippen LogP contribution < -0.4 is 10.5 Å². The van der Waals surface area contributed by atoms with Crippen molar-refractivity contribution in [2.75, 3.05) is 12.3 Å². The van der Waals surface area contributed by atoms with Crippen LogP contribution in [0.4, 0.5) is 5.69 Å². The van der Waals surface area contributed by atoms with Crippen LogP contribution in [0, 0.1) is 12.8 Å². The molecule has 0 saturated carbocycles. The van der Waals surface area contributed by atoms with Crippen molar-refractivity contribution >= 4 is 5.69 Å². The van der Waals surface area contributed by atoms with Crippen molar-refractivity contribution in [3.63, 3.8) is 0 Å². The fourth-order valence-electron chi connectivity index (χ4n) is 1.50. The Bertz CT molecular complexity index is 305. The quantitative estimate of drug-likeness (QED) is 0.751. The summed E-state index contributed by atoms with van der Waals surface area (Å²) in [6, 6.07) is 5.80. The first-order valence-electron chi connectivity index (χ1n) is 5.66. The van der Waals surface area contributed by atoms with Crippen molar-refractivity contribution in [2.45, 2.75) is 33.6 Å². The van der Waals surface area contributed by atoms with Crippen molar-refractivity contribution in [3.05, 3.63) is 23.8 Å². The van der Waals surface area contributed by atoms with Gasteiger partial charge < -0.3 is 10.5 Å². The largest absolute Gasteiger partial charge is 0.493 e. The molecule has 1 aromatic carbocycles. The molecule has 0 amide bonds. The summed E-state index contributed by atoms with van der Waals surface area (Å²) in [6.45, 7) is 7.23.